The van der Waals surface area contributed by atoms with Crippen LogP contribution < -0.4 is 20.9 Å². The molecule has 5 N–H and O–H groups in total. The van der Waals surface area contributed by atoms with Crippen LogP contribution in [-0.2, 0) is 0 Å². The number of nitrogens with zero attached hydrogens (tertiary/aromatic N) is 3. The first-order valence-corrected chi connectivity index (χ1v) is 13.2. The summed E-state index contributed by atoms with van der Waals surface area (Å²) in [6.07, 6.45) is 3.86. The monoisotopic (exact) mass is 503 g/mol. The first-order chi connectivity index (χ1) is 17.5. The third kappa shape index (κ3) is 4.86. The van der Waals surface area contributed by atoms with Crippen LogP contribution in [-0.4, -0.2) is 54.2 Å². The van der Waals surface area contributed by atoms with Crippen LogP contribution >= 0.6 is 11.3 Å². The van der Waals surface area contributed by atoms with Crippen LogP contribution in [0.5, 0.6) is 0 Å². The lowest BCUT2D eigenvalue weighted by Gasteiger charge is -2.49. The Morgan fingerprint density at radius 2 is 1.86 bits per heavy atom. The predicted octanol–water partition coefficient (Wildman–Crippen LogP) is 3.79. The molecule has 5 rings (SSSR count). The molecule has 36 heavy (non-hydrogen) atoms. The van der Waals surface area contributed by atoms with Crippen LogP contribution in [0.25, 0.3) is 0 Å². The lowest BCUT2D eigenvalue weighted by molar-refractivity contribution is 0.0418. The van der Waals surface area contributed by atoms with Crippen molar-refractivity contribution < 1.29 is 9.90 Å². The number of quaternary nitrogens is 1. The molecule has 2 aliphatic rings. The van der Waals surface area contributed by atoms with E-state index < -0.39 is 0 Å². The number of anilines is 3. The van der Waals surface area contributed by atoms with E-state index in [1.807, 2.05) is 12.1 Å². The van der Waals surface area contributed by atoms with Crippen molar-refractivity contribution in [3.8, 4) is 6.07 Å². The highest BCUT2D eigenvalue weighted by atomic mass is 32.1. The van der Waals surface area contributed by atoms with Crippen LogP contribution in [0, 0.1) is 11.3 Å². The SMILES string of the molecule is N#Cc1ccc(C(=O)c2sc(Nc3ccc([N+]4(C5CCNCC5)CCCC(O)C4)cc3)nc2N)cc1. The summed E-state index contributed by atoms with van der Waals surface area (Å²) in [6, 6.07) is 17.4. The van der Waals surface area contributed by atoms with Gasteiger partial charge in [-0.05, 0) is 49.2 Å². The Bertz CT molecular complexity index is 1260. The fraction of sp³-hybridized carbons (Fsp3) is 0.370. The number of thiazole rings is 1. The van der Waals surface area contributed by atoms with Gasteiger partial charge < -0.3 is 21.5 Å². The molecule has 0 radical (unpaired) electrons. The quantitative estimate of drug-likeness (QED) is 0.298. The van der Waals surface area contributed by atoms with Crippen molar-refractivity contribution in [3.05, 3.63) is 64.5 Å². The molecule has 9 heteroatoms. The van der Waals surface area contributed by atoms with Gasteiger partial charge in [0.1, 0.15) is 29.0 Å². The van der Waals surface area contributed by atoms with Gasteiger partial charge in [-0.2, -0.15) is 5.26 Å². The summed E-state index contributed by atoms with van der Waals surface area (Å²) in [7, 11) is 0. The molecule has 0 spiro atoms. The standard InChI is InChI=1S/C27H30N6O2S/c28-16-18-3-5-19(6-4-18)24(35)25-26(29)32-27(36-25)31-20-7-9-21(10-8-20)33(15-1-2-23(34)17-33)22-11-13-30-14-12-22/h3-10,22-23,30,34H,1-2,11-15,17H2,(H2-,29,31,32,35)/p+1. The Morgan fingerprint density at radius 1 is 1.14 bits per heavy atom. The van der Waals surface area contributed by atoms with E-state index in [0.717, 1.165) is 62.0 Å². The minimum Gasteiger partial charge on any atom is -0.387 e. The Kier molecular flexibility index (Phi) is 7.03. The fourth-order valence-corrected chi connectivity index (χ4v) is 6.45. The van der Waals surface area contributed by atoms with Crippen LogP contribution in [0.15, 0.2) is 48.5 Å². The summed E-state index contributed by atoms with van der Waals surface area (Å²) in [5, 5.41) is 26.8. The number of aliphatic hydroxyl groups is 1. The molecular weight excluding hydrogens is 472 g/mol. The Balaban J connectivity index is 1.34. The van der Waals surface area contributed by atoms with Gasteiger partial charge in [0, 0.05) is 49.3 Å². The van der Waals surface area contributed by atoms with Crippen LogP contribution in [0.2, 0.25) is 0 Å². The minimum absolute atomic E-state index is 0.186. The van der Waals surface area contributed by atoms with E-state index in [1.54, 1.807) is 24.3 Å². The molecule has 0 saturated carbocycles. The van der Waals surface area contributed by atoms with E-state index in [0.29, 0.717) is 27.2 Å². The number of rotatable bonds is 6. The molecule has 3 heterocycles. The number of benzene rings is 2. The van der Waals surface area contributed by atoms with Gasteiger partial charge in [0.15, 0.2) is 5.13 Å². The number of hydrogen-bond donors (Lipinski definition) is 4. The number of likely N-dealkylation sites (tertiary alicyclic amines) is 1. The second-order valence-electron chi connectivity index (χ2n) is 9.64. The number of nitrogens with two attached hydrogens (primary N) is 1. The zero-order valence-electron chi connectivity index (χ0n) is 20.1. The molecule has 8 nitrogen and oxygen atoms in total. The number of aromatic nitrogens is 1. The van der Waals surface area contributed by atoms with E-state index in [2.05, 4.69) is 33.8 Å². The largest absolute Gasteiger partial charge is 0.387 e. The smallest absolute Gasteiger partial charge is 0.206 e. The third-order valence-corrected chi connectivity index (χ3v) is 8.39. The van der Waals surface area contributed by atoms with Gasteiger partial charge in [0.05, 0.1) is 24.2 Å². The molecule has 2 atom stereocenters. The summed E-state index contributed by atoms with van der Waals surface area (Å²) < 4.78 is 0.844. The topological polar surface area (TPSA) is 124 Å². The van der Waals surface area contributed by atoms with Crippen molar-refractivity contribution in [2.45, 2.75) is 37.8 Å². The summed E-state index contributed by atoms with van der Waals surface area (Å²) in [5.74, 6) is -0.0267. The number of nitrogen functional groups attached to an aromatic ring is 1. The van der Waals surface area contributed by atoms with Gasteiger partial charge in [-0.15, -0.1) is 0 Å². The van der Waals surface area contributed by atoms with Crippen molar-refractivity contribution in [1.82, 2.24) is 14.8 Å². The molecule has 2 saturated heterocycles. The Labute approximate surface area is 215 Å². The average Bonchev–Trinajstić information content (AvgIpc) is 3.28. The first kappa shape index (κ1) is 24.4. The molecule has 2 fully saturated rings. The van der Waals surface area contributed by atoms with Gasteiger partial charge in [0.2, 0.25) is 5.78 Å². The maximum absolute atomic E-state index is 12.9. The maximum atomic E-state index is 12.9. The highest BCUT2D eigenvalue weighted by molar-refractivity contribution is 7.18. The molecular formula is C27H31N6O2S+. The summed E-state index contributed by atoms with van der Waals surface area (Å²) in [5.41, 5.74) is 9.15. The lowest BCUT2D eigenvalue weighted by atomic mass is 9.94. The fourth-order valence-electron chi connectivity index (χ4n) is 5.59. The number of aliphatic hydroxyl groups excluding tert-OH is 1. The second kappa shape index (κ2) is 10.4. The normalized spacial score (nSPS) is 22.6. The predicted molar refractivity (Wildman–Crippen MR) is 144 cm³/mol. The zero-order valence-corrected chi connectivity index (χ0v) is 20.9. The molecule has 3 aromatic rings. The maximum Gasteiger partial charge on any atom is 0.206 e. The van der Waals surface area contributed by atoms with Crippen LogP contribution in [0.1, 0.15) is 46.5 Å². The highest BCUT2D eigenvalue weighted by Crippen LogP contribution is 2.36. The lowest BCUT2D eigenvalue weighted by Crippen LogP contribution is -2.64. The number of hydrogen-bond acceptors (Lipinski definition) is 8. The Hall–Kier alpha value is -3.29. The highest BCUT2D eigenvalue weighted by Gasteiger charge is 2.43. The third-order valence-electron chi connectivity index (χ3n) is 7.41. The van der Waals surface area contributed by atoms with Gasteiger partial charge in [-0.3, -0.25) is 9.28 Å². The van der Waals surface area contributed by atoms with Crippen molar-refractivity contribution >= 4 is 39.4 Å². The van der Waals surface area contributed by atoms with Crippen molar-refractivity contribution in [2.24, 2.45) is 0 Å². The molecule has 0 aliphatic carbocycles. The van der Waals surface area contributed by atoms with Crippen molar-refractivity contribution in [3.63, 3.8) is 0 Å². The van der Waals surface area contributed by atoms with E-state index in [9.17, 15) is 9.90 Å². The van der Waals surface area contributed by atoms with E-state index in [-0.39, 0.29) is 17.7 Å². The molecule has 2 aliphatic heterocycles. The molecule has 0 amide bonds. The van der Waals surface area contributed by atoms with Crippen LogP contribution in [0.4, 0.5) is 22.3 Å². The number of nitriles is 1. The zero-order chi connectivity index (χ0) is 25.1. The van der Waals surface area contributed by atoms with Gasteiger partial charge >= 0.3 is 0 Å². The van der Waals surface area contributed by atoms with E-state index >= 15 is 0 Å². The minimum atomic E-state index is -0.267. The van der Waals surface area contributed by atoms with E-state index in [4.69, 9.17) is 11.0 Å². The van der Waals surface area contributed by atoms with Gasteiger partial charge in [0.25, 0.3) is 0 Å². The van der Waals surface area contributed by atoms with Gasteiger partial charge in [-0.25, -0.2) is 4.98 Å². The number of piperidine rings is 2. The molecule has 0 bridgehead atoms. The van der Waals surface area contributed by atoms with E-state index in [1.165, 1.54) is 17.0 Å². The van der Waals surface area contributed by atoms with Crippen molar-refractivity contribution in [2.75, 3.05) is 37.2 Å². The summed E-state index contributed by atoms with van der Waals surface area (Å²) >= 11 is 1.22. The Morgan fingerprint density at radius 3 is 2.53 bits per heavy atom. The molecule has 186 valence electrons. The van der Waals surface area contributed by atoms with Gasteiger partial charge in [-0.1, -0.05) is 11.3 Å². The summed E-state index contributed by atoms with van der Waals surface area (Å²) in [4.78, 5) is 17.7. The number of carbonyl (C=O) groups is 1. The molecule has 1 aromatic heterocycles. The van der Waals surface area contributed by atoms with Crippen molar-refractivity contribution in [1.29, 1.82) is 5.26 Å². The average molecular weight is 504 g/mol. The van der Waals surface area contributed by atoms with Crippen LogP contribution in [0.3, 0.4) is 0 Å². The number of nitrogens with one attached hydrogen (secondary N) is 2. The summed E-state index contributed by atoms with van der Waals surface area (Å²) in [6.45, 7) is 3.87. The number of ketones is 1. The number of carbonyl (C=O) groups excluding carboxylic acids is 1. The first-order valence-electron chi connectivity index (χ1n) is 12.4. The molecule has 2 aromatic carbocycles. The molecule has 2 unspecified atom stereocenters. The second-order valence-corrected chi connectivity index (χ2v) is 10.6.